The highest BCUT2D eigenvalue weighted by molar-refractivity contribution is 7.89. The van der Waals surface area contributed by atoms with E-state index < -0.39 is 15.9 Å². The van der Waals surface area contributed by atoms with Gasteiger partial charge in [0.2, 0.25) is 10.0 Å². The number of rotatable bonds is 5. The summed E-state index contributed by atoms with van der Waals surface area (Å²) in [6.07, 6.45) is 0. The van der Waals surface area contributed by atoms with Crippen LogP contribution in [0.25, 0.3) is 0 Å². The van der Waals surface area contributed by atoms with E-state index in [9.17, 15) is 13.2 Å². The highest BCUT2D eigenvalue weighted by Gasteiger charge is 2.17. The number of anilines is 1. The maximum absolute atomic E-state index is 12.3. The lowest BCUT2D eigenvalue weighted by Gasteiger charge is -2.11. The fourth-order valence-electron chi connectivity index (χ4n) is 2.05. The molecule has 7 heteroatoms. The van der Waals surface area contributed by atoms with E-state index in [0.29, 0.717) is 11.3 Å². The second-order valence-electron chi connectivity index (χ2n) is 5.45. The Morgan fingerprint density at radius 3 is 2.50 bits per heavy atom. The average molecular weight is 343 g/mol. The van der Waals surface area contributed by atoms with Gasteiger partial charge in [-0.3, -0.25) is 4.79 Å². The topological polar surface area (TPSA) is 99.1 Å². The summed E-state index contributed by atoms with van der Waals surface area (Å²) in [6, 6.07) is 14.0. The van der Waals surface area contributed by atoms with E-state index in [0.717, 1.165) is 0 Å². The van der Waals surface area contributed by atoms with Crippen molar-refractivity contribution >= 4 is 21.6 Å². The van der Waals surface area contributed by atoms with Gasteiger partial charge >= 0.3 is 0 Å². The number of hydrogen-bond donors (Lipinski definition) is 2. The van der Waals surface area contributed by atoms with Gasteiger partial charge in [-0.15, -0.1) is 0 Å². The Bertz CT molecular complexity index is 899. The maximum Gasteiger partial charge on any atom is 0.255 e. The summed E-state index contributed by atoms with van der Waals surface area (Å²) in [5.74, 6) is -0.452. The minimum Gasteiger partial charge on any atom is -0.322 e. The first-order valence-corrected chi connectivity index (χ1v) is 8.74. The molecule has 0 aliphatic heterocycles. The van der Waals surface area contributed by atoms with E-state index in [-0.39, 0.29) is 16.5 Å². The predicted molar refractivity (Wildman–Crippen MR) is 91.0 cm³/mol. The molecule has 1 amide bonds. The van der Waals surface area contributed by atoms with Crippen molar-refractivity contribution in [3.63, 3.8) is 0 Å². The van der Waals surface area contributed by atoms with Crippen LogP contribution in [0.2, 0.25) is 0 Å². The summed E-state index contributed by atoms with van der Waals surface area (Å²) in [6.45, 7) is 3.44. The third-order valence-electron chi connectivity index (χ3n) is 3.05. The number of sulfonamides is 1. The molecular formula is C17H17N3O3S. The quantitative estimate of drug-likeness (QED) is 0.871. The number of carbonyl (C=O) groups excluding carboxylic acids is 1. The van der Waals surface area contributed by atoms with E-state index in [1.807, 2.05) is 6.07 Å². The summed E-state index contributed by atoms with van der Waals surface area (Å²) >= 11 is 0. The minimum absolute atomic E-state index is 0.0228. The van der Waals surface area contributed by atoms with Crippen molar-refractivity contribution in [3.8, 4) is 6.07 Å². The van der Waals surface area contributed by atoms with Crippen LogP contribution in [-0.2, 0) is 10.0 Å². The first kappa shape index (κ1) is 17.7. The van der Waals surface area contributed by atoms with Gasteiger partial charge in [0.25, 0.3) is 5.91 Å². The van der Waals surface area contributed by atoms with Crippen LogP contribution in [0.1, 0.15) is 29.8 Å². The molecule has 0 aliphatic carbocycles. The zero-order valence-corrected chi connectivity index (χ0v) is 14.1. The fraction of sp³-hybridized carbons (Fsp3) is 0.176. The average Bonchev–Trinajstić information content (AvgIpc) is 2.54. The zero-order valence-electron chi connectivity index (χ0n) is 13.3. The second-order valence-corrected chi connectivity index (χ2v) is 7.16. The molecule has 0 saturated carbocycles. The Morgan fingerprint density at radius 2 is 1.83 bits per heavy atom. The molecule has 0 aromatic heterocycles. The number of benzene rings is 2. The van der Waals surface area contributed by atoms with Crippen LogP contribution < -0.4 is 10.0 Å². The highest BCUT2D eigenvalue weighted by Crippen LogP contribution is 2.15. The van der Waals surface area contributed by atoms with Gasteiger partial charge in [-0.1, -0.05) is 12.1 Å². The molecule has 2 N–H and O–H groups in total. The molecule has 0 aliphatic rings. The van der Waals surface area contributed by atoms with Crippen LogP contribution in [0, 0.1) is 11.3 Å². The van der Waals surface area contributed by atoms with Crippen molar-refractivity contribution in [2.75, 3.05) is 5.32 Å². The molecule has 0 heterocycles. The number of nitrogens with one attached hydrogen (secondary N) is 2. The van der Waals surface area contributed by atoms with E-state index in [4.69, 9.17) is 5.26 Å². The van der Waals surface area contributed by atoms with Crippen LogP contribution in [0.15, 0.2) is 53.4 Å². The number of amides is 1. The molecule has 6 nitrogen and oxygen atoms in total. The Labute approximate surface area is 141 Å². The number of nitrogens with zero attached hydrogens (tertiary/aromatic N) is 1. The van der Waals surface area contributed by atoms with Crippen LogP contribution in [0.3, 0.4) is 0 Å². The zero-order chi connectivity index (χ0) is 17.7. The standard InChI is InChI=1S/C17H17N3O3S/c1-12(2)20-24(22,23)16-8-4-6-14(10-16)17(21)19-15-7-3-5-13(9-15)11-18/h3-10,12,20H,1-2H3,(H,19,21). The third-order valence-corrected chi connectivity index (χ3v) is 4.70. The van der Waals surface area contributed by atoms with E-state index in [2.05, 4.69) is 10.0 Å². The van der Waals surface area contributed by atoms with Crippen molar-refractivity contribution < 1.29 is 13.2 Å². The Hall–Kier alpha value is -2.69. The van der Waals surface area contributed by atoms with Gasteiger partial charge in [-0.2, -0.15) is 5.26 Å². The number of hydrogen-bond acceptors (Lipinski definition) is 4. The SMILES string of the molecule is CC(C)NS(=O)(=O)c1cccc(C(=O)Nc2cccc(C#N)c2)c1. The van der Waals surface area contributed by atoms with Gasteiger partial charge in [0.1, 0.15) is 0 Å². The molecule has 0 fully saturated rings. The lowest BCUT2D eigenvalue weighted by Crippen LogP contribution is -2.30. The van der Waals surface area contributed by atoms with E-state index in [1.54, 1.807) is 38.1 Å². The van der Waals surface area contributed by atoms with Crippen molar-refractivity contribution in [3.05, 3.63) is 59.7 Å². The first-order valence-electron chi connectivity index (χ1n) is 7.26. The van der Waals surface area contributed by atoms with Gasteiger partial charge in [0.15, 0.2) is 0 Å². The van der Waals surface area contributed by atoms with Crippen molar-refractivity contribution in [1.82, 2.24) is 4.72 Å². The number of nitriles is 1. The summed E-state index contributed by atoms with van der Waals surface area (Å²) in [4.78, 5) is 12.3. The Kier molecular flexibility index (Phi) is 5.34. The Morgan fingerprint density at radius 1 is 1.12 bits per heavy atom. The second kappa shape index (κ2) is 7.25. The predicted octanol–water partition coefficient (Wildman–Crippen LogP) is 2.50. The molecule has 0 spiro atoms. The molecule has 0 bridgehead atoms. The monoisotopic (exact) mass is 343 g/mol. The molecular weight excluding hydrogens is 326 g/mol. The number of carbonyl (C=O) groups is 1. The van der Waals surface area contributed by atoms with Crippen molar-refractivity contribution in [2.24, 2.45) is 0 Å². The van der Waals surface area contributed by atoms with Gasteiger partial charge < -0.3 is 5.32 Å². The lowest BCUT2D eigenvalue weighted by atomic mass is 10.2. The first-order chi connectivity index (χ1) is 11.3. The molecule has 0 radical (unpaired) electrons. The van der Waals surface area contributed by atoms with Crippen molar-refractivity contribution in [2.45, 2.75) is 24.8 Å². The van der Waals surface area contributed by atoms with Crippen LogP contribution in [-0.4, -0.2) is 20.4 Å². The van der Waals surface area contributed by atoms with Gasteiger partial charge in [-0.05, 0) is 50.2 Å². The summed E-state index contributed by atoms with van der Waals surface area (Å²) < 4.78 is 26.8. The Balaban J connectivity index is 2.25. The maximum atomic E-state index is 12.3. The van der Waals surface area contributed by atoms with Gasteiger partial charge in [-0.25, -0.2) is 13.1 Å². The highest BCUT2D eigenvalue weighted by atomic mass is 32.2. The molecule has 0 saturated heterocycles. The molecule has 2 aromatic rings. The molecule has 2 rings (SSSR count). The largest absolute Gasteiger partial charge is 0.322 e. The minimum atomic E-state index is -3.67. The smallest absolute Gasteiger partial charge is 0.255 e. The van der Waals surface area contributed by atoms with Gasteiger partial charge in [0, 0.05) is 17.3 Å². The lowest BCUT2D eigenvalue weighted by molar-refractivity contribution is 0.102. The molecule has 0 atom stereocenters. The van der Waals surface area contributed by atoms with Crippen LogP contribution >= 0.6 is 0 Å². The van der Waals surface area contributed by atoms with Crippen LogP contribution in [0.5, 0.6) is 0 Å². The molecule has 24 heavy (non-hydrogen) atoms. The van der Waals surface area contributed by atoms with E-state index in [1.165, 1.54) is 24.3 Å². The summed E-state index contributed by atoms with van der Waals surface area (Å²) in [7, 11) is -3.67. The summed E-state index contributed by atoms with van der Waals surface area (Å²) in [5, 5.41) is 11.5. The fourth-order valence-corrected chi connectivity index (χ4v) is 3.35. The van der Waals surface area contributed by atoms with Crippen LogP contribution in [0.4, 0.5) is 5.69 Å². The molecule has 124 valence electrons. The van der Waals surface area contributed by atoms with Crippen molar-refractivity contribution in [1.29, 1.82) is 5.26 Å². The third kappa shape index (κ3) is 4.41. The van der Waals surface area contributed by atoms with Gasteiger partial charge in [0.05, 0.1) is 16.5 Å². The van der Waals surface area contributed by atoms with E-state index >= 15 is 0 Å². The molecule has 2 aromatic carbocycles. The summed E-state index contributed by atoms with van der Waals surface area (Å²) in [5.41, 5.74) is 1.10. The normalized spacial score (nSPS) is 11.1. The molecule has 0 unspecified atom stereocenters.